The van der Waals surface area contributed by atoms with Gasteiger partial charge < -0.3 is 4.42 Å². The van der Waals surface area contributed by atoms with Crippen LogP contribution in [0.4, 0.5) is 4.39 Å². The number of halogens is 1. The largest absolute Gasteiger partial charge is 0.436 e. The molecule has 1 saturated carbocycles. The van der Waals surface area contributed by atoms with E-state index in [1.54, 1.807) is 12.1 Å². The summed E-state index contributed by atoms with van der Waals surface area (Å²) in [5.41, 5.74) is 6.27. The van der Waals surface area contributed by atoms with Gasteiger partial charge in [-0.15, -0.1) is 0 Å². The zero-order valence-electron chi connectivity index (χ0n) is 12.5. The van der Waals surface area contributed by atoms with Gasteiger partial charge in [0.1, 0.15) is 11.3 Å². The topological polar surface area (TPSA) is 67.5 Å². The Morgan fingerprint density at radius 3 is 2.92 bits per heavy atom. The first-order chi connectivity index (χ1) is 11.7. The van der Waals surface area contributed by atoms with Crippen LogP contribution < -0.4 is 5.43 Å². The van der Waals surface area contributed by atoms with Crippen LogP contribution in [0.3, 0.4) is 0 Å². The van der Waals surface area contributed by atoms with Gasteiger partial charge in [-0.05, 0) is 36.8 Å². The van der Waals surface area contributed by atoms with Gasteiger partial charge in [-0.25, -0.2) is 14.8 Å². The number of rotatable bonds is 2. The van der Waals surface area contributed by atoms with Crippen molar-refractivity contribution in [1.82, 2.24) is 10.4 Å². The van der Waals surface area contributed by atoms with E-state index in [1.165, 1.54) is 12.1 Å². The normalized spacial score (nSPS) is 22.0. The van der Waals surface area contributed by atoms with Crippen molar-refractivity contribution in [3.8, 4) is 11.5 Å². The molecule has 5 rings (SSSR count). The molecule has 0 spiro atoms. The van der Waals surface area contributed by atoms with Gasteiger partial charge in [0.25, 0.3) is 0 Å². The van der Waals surface area contributed by atoms with Crippen molar-refractivity contribution in [1.29, 1.82) is 0 Å². The number of carbonyl (C=O) groups is 1. The number of oxazole rings is 1. The van der Waals surface area contributed by atoms with Crippen LogP contribution in [0.25, 0.3) is 22.6 Å². The summed E-state index contributed by atoms with van der Waals surface area (Å²) in [4.78, 5) is 15.9. The molecule has 1 aliphatic carbocycles. The molecular formula is C18H12FN3O2. The number of carbonyl (C=O) groups excluding carboxylic acids is 1. The lowest BCUT2D eigenvalue weighted by atomic mass is 10.0. The van der Waals surface area contributed by atoms with Crippen LogP contribution in [-0.4, -0.2) is 16.6 Å². The fourth-order valence-corrected chi connectivity index (χ4v) is 3.18. The summed E-state index contributed by atoms with van der Waals surface area (Å²) >= 11 is 0. The predicted molar refractivity (Wildman–Crippen MR) is 85.7 cm³/mol. The van der Waals surface area contributed by atoms with Crippen LogP contribution >= 0.6 is 0 Å². The van der Waals surface area contributed by atoms with Gasteiger partial charge in [-0.1, -0.05) is 12.1 Å². The molecule has 0 radical (unpaired) electrons. The minimum absolute atomic E-state index is 0.00196. The molecule has 1 N–H and O–H groups in total. The molecule has 2 aliphatic rings. The summed E-state index contributed by atoms with van der Waals surface area (Å²) in [6, 6.07) is 11.8. The Hall–Kier alpha value is -3.02. The van der Waals surface area contributed by atoms with Gasteiger partial charge in [-0.3, -0.25) is 4.79 Å². The molecule has 3 aromatic rings. The van der Waals surface area contributed by atoms with E-state index >= 15 is 0 Å². The van der Waals surface area contributed by atoms with E-state index < -0.39 is 0 Å². The maximum Gasteiger partial charge on any atom is 0.243 e. The number of hydrazone groups is 1. The second kappa shape index (κ2) is 4.74. The molecule has 1 aliphatic heterocycles. The molecule has 118 valence electrons. The molecular weight excluding hydrogens is 309 g/mol. The van der Waals surface area contributed by atoms with E-state index in [0.29, 0.717) is 22.6 Å². The van der Waals surface area contributed by atoms with E-state index in [2.05, 4.69) is 15.5 Å². The van der Waals surface area contributed by atoms with Gasteiger partial charge in [-0.2, -0.15) is 5.10 Å². The summed E-state index contributed by atoms with van der Waals surface area (Å²) in [6.07, 6.45) is 0.841. The van der Waals surface area contributed by atoms with E-state index in [4.69, 9.17) is 4.42 Å². The van der Waals surface area contributed by atoms with Crippen molar-refractivity contribution < 1.29 is 13.6 Å². The lowest BCUT2D eigenvalue weighted by molar-refractivity contribution is -0.122. The first kappa shape index (κ1) is 13.4. The van der Waals surface area contributed by atoms with Gasteiger partial charge in [0.15, 0.2) is 5.58 Å². The Morgan fingerprint density at radius 1 is 1.12 bits per heavy atom. The lowest BCUT2D eigenvalue weighted by Crippen LogP contribution is -2.28. The van der Waals surface area contributed by atoms with Crippen molar-refractivity contribution in [2.24, 2.45) is 16.9 Å². The maximum atomic E-state index is 13.4. The fraction of sp³-hybridized carbons (Fsp3) is 0.167. The number of nitrogens with one attached hydrogen (secondary N) is 1. The molecule has 0 bridgehead atoms. The first-order valence-electron chi connectivity index (χ1n) is 7.73. The minimum Gasteiger partial charge on any atom is -0.436 e. The smallest absolute Gasteiger partial charge is 0.243 e. The molecule has 2 aromatic carbocycles. The highest BCUT2D eigenvalue weighted by atomic mass is 19.1. The summed E-state index contributed by atoms with van der Waals surface area (Å²) in [5, 5.41) is 4.19. The number of amides is 1. The molecule has 0 saturated heterocycles. The zero-order valence-corrected chi connectivity index (χ0v) is 12.5. The fourth-order valence-electron chi connectivity index (χ4n) is 3.18. The van der Waals surface area contributed by atoms with Crippen LogP contribution in [0, 0.1) is 17.7 Å². The quantitative estimate of drug-likeness (QED) is 0.788. The highest BCUT2D eigenvalue weighted by molar-refractivity contribution is 6.10. The molecule has 2 heterocycles. The van der Waals surface area contributed by atoms with Crippen molar-refractivity contribution in [3.63, 3.8) is 0 Å². The Kier molecular flexibility index (Phi) is 2.65. The summed E-state index contributed by atoms with van der Waals surface area (Å²) < 4.78 is 19.2. The average Bonchev–Trinajstić information content (AvgIpc) is 3.27. The van der Waals surface area contributed by atoms with Crippen molar-refractivity contribution in [3.05, 3.63) is 53.8 Å². The third kappa shape index (κ3) is 2.03. The van der Waals surface area contributed by atoms with Crippen LogP contribution in [-0.2, 0) is 4.79 Å². The van der Waals surface area contributed by atoms with Gasteiger partial charge >= 0.3 is 0 Å². The minimum atomic E-state index is -0.331. The highest BCUT2D eigenvalue weighted by Gasteiger charge is 2.49. The maximum absolute atomic E-state index is 13.4. The van der Waals surface area contributed by atoms with Crippen molar-refractivity contribution in [2.45, 2.75) is 6.42 Å². The molecule has 6 heteroatoms. The third-order valence-corrected chi connectivity index (χ3v) is 4.52. The number of hydrogen-bond acceptors (Lipinski definition) is 4. The van der Waals surface area contributed by atoms with Crippen molar-refractivity contribution >= 4 is 22.7 Å². The standard InChI is InChI=1S/C18H12FN3O2/c19-11-3-1-2-10(6-11)18-20-14-5-4-9(7-15(14)24-18)16-12-8-13(12)17(23)22-21-16/h1-7,12-13H,8H2,(H,22,23). The van der Waals surface area contributed by atoms with Crippen LogP contribution in [0.2, 0.25) is 0 Å². The summed E-state index contributed by atoms with van der Waals surface area (Å²) in [5.74, 6) is 0.290. The number of benzene rings is 2. The number of aromatic nitrogens is 1. The molecule has 1 fully saturated rings. The molecule has 1 aromatic heterocycles. The van der Waals surface area contributed by atoms with E-state index in [0.717, 1.165) is 17.7 Å². The molecule has 2 unspecified atom stereocenters. The summed E-state index contributed by atoms with van der Waals surface area (Å²) in [7, 11) is 0. The zero-order chi connectivity index (χ0) is 16.3. The summed E-state index contributed by atoms with van der Waals surface area (Å²) in [6.45, 7) is 0. The van der Waals surface area contributed by atoms with E-state index in [9.17, 15) is 9.18 Å². The number of fused-ring (bicyclic) bond motifs is 2. The molecule has 1 amide bonds. The molecule has 2 atom stereocenters. The molecule has 5 nitrogen and oxygen atoms in total. The van der Waals surface area contributed by atoms with Gasteiger partial charge in [0.2, 0.25) is 11.8 Å². The monoisotopic (exact) mass is 321 g/mol. The van der Waals surface area contributed by atoms with Crippen molar-refractivity contribution in [2.75, 3.05) is 0 Å². The third-order valence-electron chi connectivity index (χ3n) is 4.52. The van der Waals surface area contributed by atoms with E-state index in [1.807, 2.05) is 18.2 Å². The first-order valence-corrected chi connectivity index (χ1v) is 7.73. The average molecular weight is 321 g/mol. The lowest BCUT2D eigenvalue weighted by Gasteiger charge is -2.11. The van der Waals surface area contributed by atoms with Crippen LogP contribution in [0.5, 0.6) is 0 Å². The predicted octanol–water partition coefficient (Wildman–Crippen LogP) is 3.10. The van der Waals surface area contributed by atoms with Crippen LogP contribution in [0.15, 0.2) is 52.0 Å². The Bertz CT molecular complexity index is 1020. The SMILES string of the molecule is O=C1NN=C(c2ccc3nc(-c4cccc(F)c4)oc3c2)C2CC12. The second-order valence-corrected chi connectivity index (χ2v) is 6.13. The molecule has 24 heavy (non-hydrogen) atoms. The van der Waals surface area contributed by atoms with Crippen LogP contribution in [0.1, 0.15) is 12.0 Å². The number of hydrogen-bond donors (Lipinski definition) is 1. The Labute approximate surface area is 136 Å². The second-order valence-electron chi connectivity index (χ2n) is 6.13. The Morgan fingerprint density at radius 2 is 2.04 bits per heavy atom. The van der Waals surface area contributed by atoms with Gasteiger partial charge in [0, 0.05) is 23.0 Å². The number of nitrogens with zero attached hydrogens (tertiary/aromatic N) is 2. The van der Waals surface area contributed by atoms with E-state index in [-0.39, 0.29) is 23.6 Å². The van der Waals surface area contributed by atoms with Gasteiger partial charge in [0.05, 0.1) is 5.71 Å². The highest BCUT2D eigenvalue weighted by Crippen LogP contribution is 2.43. The Balaban J connectivity index is 1.56.